The molecule has 0 amide bonds. The molecule has 3 N–H and O–H groups in total. The fraction of sp³-hybridized carbons (Fsp3) is 0.909. The third-order valence-corrected chi connectivity index (χ3v) is 3.01. The van der Waals surface area contributed by atoms with Crippen LogP contribution in [0.1, 0.15) is 46.5 Å². The van der Waals surface area contributed by atoms with Crippen LogP contribution in [0, 0.1) is 0 Å². The first-order valence-electron chi connectivity index (χ1n) is 5.66. The van der Waals surface area contributed by atoms with Crippen LogP contribution in [0.5, 0.6) is 0 Å². The zero-order valence-corrected chi connectivity index (χ0v) is 9.92. The summed E-state index contributed by atoms with van der Waals surface area (Å²) in [6.07, 6.45) is 2.87. The van der Waals surface area contributed by atoms with Gasteiger partial charge in [0.1, 0.15) is 6.04 Å². The summed E-state index contributed by atoms with van der Waals surface area (Å²) in [5.74, 6) is -0.837. The van der Waals surface area contributed by atoms with Gasteiger partial charge < -0.3 is 10.2 Å². The highest BCUT2D eigenvalue weighted by Crippen LogP contribution is 2.16. The second kappa shape index (κ2) is 6.80. The van der Waals surface area contributed by atoms with Crippen LogP contribution in [0.25, 0.3) is 0 Å². The van der Waals surface area contributed by atoms with Gasteiger partial charge in [0, 0.05) is 5.54 Å². The topological polar surface area (TPSA) is 69.6 Å². The summed E-state index contributed by atoms with van der Waals surface area (Å²) in [5.41, 5.74) is -0.446. The van der Waals surface area contributed by atoms with E-state index in [0.717, 1.165) is 19.3 Å². The van der Waals surface area contributed by atoms with Gasteiger partial charge in [-0.15, -0.1) is 0 Å². The molecule has 15 heavy (non-hydrogen) atoms. The Morgan fingerprint density at radius 3 is 2.13 bits per heavy atom. The Bertz CT molecular complexity index is 182. The van der Waals surface area contributed by atoms with Crippen LogP contribution in [-0.4, -0.2) is 34.4 Å². The summed E-state index contributed by atoms with van der Waals surface area (Å²) >= 11 is 0. The van der Waals surface area contributed by atoms with Gasteiger partial charge in [-0.3, -0.25) is 10.1 Å². The number of rotatable bonds is 8. The van der Waals surface area contributed by atoms with Crippen LogP contribution in [0.4, 0.5) is 0 Å². The summed E-state index contributed by atoms with van der Waals surface area (Å²) < 4.78 is 0. The first-order chi connectivity index (χ1) is 7.05. The second-order valence-corrected chi connectivity index (χ2v) is 3.97. The highest BCUT2D eigenvalue weighted by molar-refractivity contribution is 5.73. The molecule has 0 spiro atoms. The number of carboxylic acid groups (broad SMARTS) is 1. The van der Waals surface area contributed by atoms with Gasteiger partial charge in [0.05, 0.1) is 6.61 Å². The monoisotopic (exact) mass is 217 g/mol. The second-order valence-electron chi connectivity index (χ2n) is 3.97. The van der Waals surface area contributed by atoms with E-state index in [1.54, 1.807) is 0 Å². The zero-order valence-electron chi connectivity index (χ0n) is 9.92. The SMILES string of the molecule is CCCC(NC(CC)(CC)CO)C(=O)O. The van der Waals surface area contributed by atoms with Crippen LogP contribution in [0.15, 0.2) is 0 Å². The average molecular weight is 217 g/mol. The molecule has 0 aliphatic carbocycles. The predicted molar refractivity (Wildman–Crippen MR) is 59.9 cm³/mol. The number of carbonyl (C=O) groups is 1. The van der Waals surface area contributed by atoms with E-state index >= 15 is 0 Å². The van der Waals surface area contributed by atoms with Gasteiger partial charge in [-0.05, 0) is 19.3 Å². The van der Waals surface area contributed by atoms with Crippen molar-refractivity contribution in [3.8, 4) is 0 Å². The van der Waals surface area contributed by atoms with Crippen LogP contribution >= 0.6 is 0 Å². The summed E-state index contributed by atoms with van der Waals surface area (Å²) in [4.78, 5) is 11.0. The van der Waals surface area contributed by atoms with Crippen molar-refractivity contribution >= 4 is 5.97 Å². The fourth-order valence-electron chi connectivity index (χ4n) is 1.64. The fourth-order valence-corrected chi connectivity index (χ4v) is 1.64. The molecule has 0 saturated carbocycles. The van der Waals surface area contributed by atoms with E-state index in [4.69, 9.17) is 5.11 Å². The van der Waals surface area contributed by atoms with Crippen LogP contribution in [0.2, 0.25) is 0 Å². The van der Waals surface area contributed by atoms with Gasteiger partial charge in [0.15, 0.2) is 0 Å². The first kappa shape index (κ1) is 14.4. The van der Waals surface area contributed by atoms with Crippen LogP contribution in [-0.2, 0) is 4.79 Å². The number of aliphatic hydroxyl groups excluding tert-OH is 1. The molecular weight excluding hydrogens is 194 g/mol. The van der Waals surface area contributed by atoms with Crippen LogP contribution in [0.3, 0.4) is 0 Å². The van der Waals surface area contributed by atoms with Gasteiger partial charge in [-0.2, -0.15) is 0 Å². The molecule has 1 unspecified atom stereocenters. The molecule has 1 atom stereocenters. The number of hydrogen-bond acceptors (Lipinski definition) is 3. The molecule has 90 valence electrons. The van der Waals surface area contributed by atoms with E-state index in [-0.39, 0.29) is 6.61 Å². The van der Waals surface area contributed by atoms with Crippen molar-refractivity contribution in [1.29, 1.82) is 0 Å². The molecule has 0 aromatic rings. The molecule has 0 aromatic heterocycles. The molecule has 0 aliphatic heterocycles. The molecule has 0 aromatic carbocycles. The summed E-state index contributed by atoms with van der Waals surface area (Å²) in [5, 5.41) is 21.4. The Kier molecular flexibility index (Phi) is 6.52. The Labute approximate surface area is 91.7 Å². The maximum atomic E-state index is 11.0. The standard InChI is InChI=1S/C11H23NO3/c1-4-7-9(10(14)15)12-11(5-2,6-3)8-13/h9,12-13H,4-8H2,1-3H3,(H,14,15). The lowest BCUT2D eigenvalue weighted by molar-refractivity contribution is -0.140. The van der Waals surface area contributed by atoms with Crippen molar-refractivity contribution in [3.05, 3.63) is 0 Å². The molecule has 4 heteroatoms. The van der Waals surface area contributed by atoms with E-state index in [0.29, 0.717) is 6.42 Å². The van der Waals surface area contributed by atoms with Gasteiger partial charge in [0.2, 0.25) is 0 Å². The van der Waals surface area contributed by atoms with E-state index in [2.05, 4.69) is 5.32 Å². The average Bonchev–Trinajstić information content (AvgIpc) is 2.24. The molecule has 0 bridgehead atoms. The maximum Gasteiger partial charge on any atom is 0.320 e. The highest BCUT2D eigenvalue weighted by atomic mass is 16.4. The summed E-state index contributed by atoms with van der Waals surface area (Å²) in [7, 11) is 0. The minimum absolute atomic E-state index is 0.0203. The lowest BCUT2D eigenvalue weighted by atomic mass is 9.92. The van der Waals surface area contributed by atoms with Gasteiger partial charge in [-0.25, -0.2) is 0 Å². The number of nitrogens with one attached hydrogen (secondary N) is 1. The van der Waals surface area contributed by atoms with Crippen molar-refractivity contribution in [2.45, 2.75) is 58.0 Å². The van der Waals surface area contributed by atoms with Gasteiger partial charge >= 0.3 is 5.97 Å². The number of hydrogen-bond donors (Lipinski definition) is 3. The van der Waals surface area contributed by atoms with Crippen molar-refractivity contribution in [2.75, 3.05) is 6.61 Å². The summed E-state index contributed by atoms with van der Waals surface area (Å²) in [6.45, 7) is 5.85. The molecule has 0 heterocycles. The highest BCUT2D eigenvalue weighted by Gasteiger charge is 2.30. The number of aliphatic hydroxyl groups is 1. The molecule has 0 fully saturated rings. The maximum absolute atomic E-state index is 11.0. The van der Waals surface area contributed by atoms with E-state index in [9.17, 15) is 9.90 Å². The normalized spacial score (nSPS) is 13.9. The van der Waals surface area contributed by atoms with Crippen molar-refractivity contribution in [3.63, 3.8) is 0 Å². The van der Waals surface area contributed by atoms with Crippen LogP contribution < -0.4 is 5.32 Å². The minimum atomic E-state index is -0.837. The zero-order chi connectivity index (χ0) is 11.9. The van der Waals surface area contributed by atoms with Gasteiger partial charge in [-0.1, -0.05) is 27.2 Å². The van der Waals surface area contributed by atoms with Crippen molar-refractivity contribution < 1.29 is 15.0 Å². The Morgan fingerprint density at radius 2 is 1.87 bits per heavy atom. The van der Waals surface area contributed by atoms with E-state index in [1.165, 1.54) is 0 Å². The third kappa shape index (κ3) is 4.18. The lowest BCUT2D eigenvalue weighted by Gasteiger charge is -2.33. The summed E-state index contributed by atoms with van der Waals surface area (Å²) in [6, 6.07) is -0.554. The van der Waals surface area contributed by atoms with Gasteiger partial charge in [0.25, 0.3) is 0 Å². The molecule has 0 aliphatic rings. The van der Waals surface area contributed by atoms with Crippen molar-refractivity contribution in [2.24, 2.45) is 0 Å². The Hall–Kier alpha value is -0.610. The van der Waals surface area contributed by atoms with E-state index in [1.807, 2.05) is 20.8 Å². The minimum Gasteiger partial charge on any atom is -0.480 e. The largest absolute Gasteiger partial charge is 0.480 e. The Morgan fingerprint density at radius 1 is 1.33 bits per heavy atom. The molecular formula is C11H23NO3. The number of carboxylic acids is 1. The lowest BCUT2D eigenvalue weighted by Crippen LogP contribution is -2.54. The molecule has 0 rings (SSSR count). The Balaban J connectivity index is 4.52. The third-order valence-electron chi connectivity index (χ3n) is 3.01. The molecule has 4 nitrogen and oxygen atoms in total. The first-order valence-corrected chi connectivity index (χ1v) is 5.66. The quantitative estimate of drug-likeness (QED) is 0.574. The number of aliphatic carboxylic acids is 1. The van der Waals surface area contributed by atoms with Crippen molar-refractivity contribution in [1.82, 2.24) is 5.32 Å². The molecule has 0 radical (unpaired) electrons. The smallest absolute Gasteiger partial charge is 0.320 e. The van der Waals surface area contributed by atoms with E-state index < -0.39 is 17.6 Å². The predicted octanol–water partition coefficient (Wildman–Crippen LogP) is 1.38. The molecule has 0 saturated heterocycles.